The third-order valence-electron chi connectivity index (χ3n) is 18.3. The van der Waals surface area contributed by atoms with Crippen molar-refractivity contribution in [1.82, 2.24) is 5.32 Å². The maximum absolute atomic E-state index is 12.6. The molecule has 0 aromatic carbocycles. The van der Waals surface area contributed by atoms with E-state index in [0.29, 0.717) is 25.9 Å². The predicted octanol–water partition coefficient (Wildman–Crippen LogP) is 25.1. The molecular formula is C77H151NO5. The third-order valence-corrected chi connectivity index (χ3v) is 18.3. The molecule has 0 aliphatic carbocycles. The summed E-state index contributed by atoms with van der Waals surface area (Å²) in [5.74, 6) is -0.0127. The quantitative estimate of drug-likeness (QED) is 0.0320. The summed E-state index contributed by atoms with van der Waals surface area (Å²) < 4.78 is 5.49. The van der Waals surface area contributed by atoms with Gasteiger partial charge in [-0.15, -0.1) is 0 Å². The van der Waals surface area contributed by atoms with Crippen LogP contribution in [0.4, 0.5) is 0 Å². The van der Waals surface area contributed by atoms with Crippen LogP contribution in [0.5, 0.6) is 0 Å². The van der Waals surface area contributed by atoms with E-state index < -0.39 is 12.1 Å². The number of carbonyl (C=O) groups is 2. The van der Waals surface area contributed by atoms with Crippen LogP contribution >= 0.6 is 0 Å². The molecule has 3 N–H and O–H groups in total. The first-order valence-corrected chi connectivity index (χ1v) is 38.4. The van der Waals surface area contributed by atoms with Crippen LogP contribution < -0.4 is 5.32 Å². The molecule has 0 saturated carbocycles. The first-order chi connectivity index (χ1) is 41.0. The fraction of sp³-hybridized carbons (Fsp3) is 0.948. The van der Waals surface area contributed by atoms with Gasteiger partial charge in [-0.25, -0.2) is 0 Å². The largest absolute Gasteiger partial charge is 0.466 e. The summed E-state index contributed by atoms with van der Waals surface area (Å²) >= 11 is 0. The zero-order valence-corrected chi connectivity index (χ0v) is 56.7. The molecule has 0 aliphatic heterocycles. The van der Waals surface area contributed by atoms with Crippen LogP contribution in [-0.2, 0) is 14.3 Å². The summed E-state index contributed by atoms with van der Waals surface area (Å²) in [4.78, 5) is 24.6. The number of esters is 1. The number of amides is 1. The van der Waals surface area contributed by atoms with Gasteiger partial charge in [-0.2, -0.15) is 0 Å². The van der Waals surface area contributed by atoms with Crippen molar-refractivity contribution in [3.8, 4) is 0 Å². The number of nitrogens with one attached hydrogen (secondary N) is 1. The Bertz CT molecular complexity index is 1260. The second-order valence-electron chi connectivity index (χ2n) is 26.7. The minimum Gasteiger partial charge on any atom is -0.466 e. The van der Waals surface area contributed by atoms with Gasteiger partial charge in [0.15, 0.2) is 0 Å². The van der Waals surface area contributed by atoms with E-state index in [1.165, 1.54) is 366 Å². The fourth-order valence-electron chi connectivity index (χ4n) is 12.5. The summed E-state index contributed by atoms with van der Waals surface area (Å²) in [6.45, 7) is 4.99. The molecule has 0 saturated heterocycles. The average Bonchev–Trinajstić information content (AvgIpc) is 3.49. The zero-order chi connectivity index (χ0) is 59.9. The molecule has 0 fully saturated rings. The molecule has 0 aromatic rings. The monoisotopic (exact) mass is 1170 g/mol. The first-order valence-electron chi connectivity index (χ1n) is 38.4. The van der Waals surface area contributed by atoms with Gasteiger partial charge >= 0.3 is 5.97 Å². The lowest BCUT2D eigenvalue weighted by molar-refractivity contribution is -0.143. The normalized spacial score (nSPS) is 12.5. The fourth-order valence-corrected chi connectivity index (χ4v) is 12.5. The molecule has 0 rings (SSSR count). The number of aliphatic hydroxyl groups excluding tert-OH is 2. The number of unbranched alkanes of at least 4 members (excludes halogenated alkanes) is 60. The average molecular weight is 1170 g/mol. The number of hydrogen-bond acceptors (Lipinski definition) is 5. The van der Waals surface area contributed by atoms with E-state index in [0.717, 1.165) is 44.9 Å². The molecule has 2 atom stereocenters. The molecule has 83 heavy (non-hydrogen) atoms. The second-order valence-corrected chi connectivity index (χ2v) is 26.7. The molecule has 0 aromatic heterocycles. The Hall–Kier alpha value is -1.40. The Morgan fingerprint density at radius 1 is 0.325 bits per heavy atom. The van der Waals surface area contributed by atoms with Crippen molar-refractivity contribution < 1.29 is 24.5 Å². The highest BCUT2D eigenvalue weighted by Gasteiger charge is 2.20. The molecule has 0 radical (unpaired) electrons. The van der Waals surface area contributed by atoms with Gasteiger partial charge in [0, 0.05) is 12.8 Å². The maximum Gasteiger partial charge on any atom is 0.305 e. The lowest BCUT2D eigenvalue weighted by atomic mass is 10.0. The smallest absolute Gasteiger partial charge is 0.305 e. The van der Waals surface area contributed by atoms with Gasteiger partial charge < -0.3 is 20.3 Å². The summed E-state index contributed by atoms with van der Waals surface area (Å²) in [6.07, 6.45) is 91.5. The van der Waals surface area contributed by atoms with Gasteiger partial charge in [-0.1, -0.05) is 392 Å². The molecule has 0 bridgehead atoms. The highest BCUT2D eigenvalue weighted by Crippen LogP contribution is 2.20. The van der Waals surface area contributed by atoms with Crippen molar-refractivity contribution in [3.63, 3.8) is 0 Å². The van der Waals surface area contributed by atoms with Gasteiger partial charge in [-0.05, 0) is 51.4 Å². The number of allylic oxidation sites excluding steroid dienone is 2. The summed E-state index contributed by atoms with van der Waals surface area (Å²) in [7, 11) is 0. The van der Waals surface area contributed by atoms with Crippen LogP contribution in [0.1, 0.15) is 444 Å². The van der Waals surface area contributed by atoms with Crippen molar-refractivity contribution in [3.05, 3.63) is 12.2 Å². The number of carbonyl (C=O) groups excluding carboxylic acids is 2. The number of aliphatic hydroxyl groups is 2. The third kappa shape index (κ3) is 69.6. The molecule has 0 heterocycles. The summed E-state index contributed by atoms with van der Waals surface area (Å²) in [6, 6.07) is -0.539. The van der Waals surface area contributed by atoms with Gasteiger partial charge in [-0.3, -0.25) is 9.59 Å². The number of rotatable bonds is 73. The van der Waals surface area contributed by atoms with Gasteiger partial charge in [0.2, 0.25) is 5.91 Å². The van der Waals surface area contributed by atoms with Gasteiger partial charge in [0.1, 0.15) is 0 Å². The van der Waals surface area contributed by atoms with E-state index in [1.54, 1.807) is 0 Å². The van der Waals surface area contributed by atoms with E-state index in [2.05, 4.69) is 31.3 Å². The van der Waals surface area contributed by atoms with Crippen molar-refractivity contribution in [2.24, 2.45) is 0 Å². The van der Waals surface area contributed by atoms with E-state index in [4.69, 9.17) is 4.74 Å². The van der Waals surface area contributed by atoms with E-state index in [1.807, 2.05) is 0 Å². The van der Waals surface area contributed by atoms with Gasteiger partial charge in [0.25, 0.3) is 0 Å². The Morgan fingerprint density at radius 2 is 0.566 bits per heavy atom. The molecular weight excluding hydrogens is 1020 g/mol. The zero-order valence-electron chi connectivity index (χ0n) is 56.7. The summed E-state index contributed by atoms with van der Waals surface area (Å²) in [5, 5.41) is 23.5. The Kier molecular flexibility index (Phi) is 71.8. The topological polar surface area (TPSA) is 95.9 Å². The highest BCUT2D eigenvalue weighted by molar-refractivity contribution is 5.76. The van der Waals surface area contributed by atoms with E-state index >= 15 is 0 Å². The lowest BCUT2D eigenvalue weighted by Gasteiger charge is -2.22. The highest BCUT2D eigenvalue weighted by atomic mass is 16.5. The van der Waals surface area contributed by atoms with Crippen LogP contribution in [0.2, 0.25) is 0 Å². The van der Waals surface area contributed by atoms with Crippen LogP contribution in [0.25, 0.3) is 0 Å². The van der Waals surface area contributed by atoms with Crippen molar-refractivity contribution in [2.75, 3.05) is 13.2 Å². The van der Waals surface area contributed by atoms with Crippen LogP contribution in [0, 0.1) is 0 Å². The SMILES string of the molecule is CCCCCCC/C=C\CCCCCCCC(=O)OCCCCCCCCCCCCCCCCCCCCCCCCCCCCCCCCC(=O)NC(CO)C(O)CCCCCCCCCCCCCCCCCCCCCCCC. The molecule has 1 amide bonds. The molecule has 0 aliphatic rings. The van der Waals surface area contributed by atoms with Gasteiger partial charge in [0.05, 0.1) is 25.4 Å². The van der Waals surface area contributed by atoms with Crippen LogP contribution in [0.15, 0.2) is 12.2 Å². The maximum atomic E-state index is 12.6. The van der Waals surface area contributed by atoms with E-state index in [9.17, 15) is 19.8 Å². The van der Waals surface area contributed by atoms with Crippen LogP contribution in [-0.4, -0.2) is 47.4 Å². The Morgan fingerprint density at radius 3 is 0.855 bits per heavy atom. The number of hydrogen-bond donors (Lipinski definition) is 3. The standard InChI is InChI=1S/C77H151NO5/c1-3-5-7-9-11-13-15-17-19-20-21-22-33-36-39-42-45-49-53-57-61-65-69-75(80)74(73-79)78-76(81)70-66-62-58-54-50-46-43-40-37-34-31-29-27-25-23-24-26-28-30-32-35-38-41-44-48-52-56-60-64-68-72-83-77(82)71-67-63-59-55-51-47-18-16-14-12-10-8-6-4-2/h16,18,74-75,79-80H,3-15,17,19-73H2,1-2H3,(H,78,81)/b18-16-. The number of ether oxygens (including phenoxy) is 1. The molecule has 2 unspecified atom stereocenters. The van der Waals surface area contributed by atoms with Crippen molar-refractivity contribution in [1.29, 1.82) is 0 Å². The second kappa shape index (κ2) is 73.1. The summed E-state index contributed by atoms with van der Waals surface area (Å²) in [5.41, 5.74) is 0. The minimum absolute atomic E-state index is 0.0127. The van der Waals surface area contributed by atoms with Crippen molar-refractivity contribution in [2.45, 2.75) is 456 Å². The van der Waals surface area contributed by atoms with Crippen LogP contribution in [0.3, 0.4) is 0 Å². The van der Waals surface area contributed by atoms with E-state index in [-0.39, 0.29) is 18.5 Å². The molecule has 494 valence electrons. The molecule has 6 nitrogen and oxygen atoms in total. The predicted molar refractivity (Wildman–Crippen MR) is 366 cm³/mol. The first kappa shape index (κ1) is 81.6. The molecule has 0 spiro atoms. The molecule has 6 heteroatoms. The minimum atomic E-state index is -0.662. The lowest BCUT2D eigenvalue weighted by Crippen LogP contribution is -2.45. The Labute approximate surface area is 520 Å². The van der Waals surface area contributed by atoms with Crippen molar-refractivity contribution >= 4 is 11.9 Å². The Balaban J connectivity index is 3.33.